The van der Waals surface area contributed by atoms with Gasteiger partial charge in [0.25, 0.3) is 0 Å². The summed E-state index contributed by atoms with van der Waals surface area (Å²) in [6.07, 6.45) is 0. The van der Waals surface area contributed by atoms with Crippen LogP contribution in [0.25, 0.3) is 0 Å². The molecule has 12 heavy (non-hydrogen) atoms. The zero-order valence-corrected chi connectivity index (χ0v) is 7.16. The highest BCUT2D eigenvalue weighted by molar-refractivity contribution is 6.32. The van der Waals surface area contributed by atoms with Gasteiger partial charge >= 0.3 is 0 Å². The van der Waals surface area contributed by atoms with E-state index in [1.807, 2.05) is 0 Å². The molecule has 0 aromatic heterocycles. The molecule has 0 spiro atoms. The van der Waals surface area contributed by atoms with Crippen molar-refractivity contribution in [1.29, 1.82) is 0 Å². The average Bonchev–Trinajstić information content (AvgIpc) is 2.01. The van der Waals surface area contributed by atoms with Crippen molar-refractivity contribution in [3.63, 3.8) is 0 Å². The summed E-state index contributed by atoms with van der Waals surface area (Å²) in [6, 6.07) is 2.46. The number of hydrogen-bond donors (Lipinski definition) is 0. The van der Waals surface area contributed by atoms with Crippen LogP contribution in [0.15, 0.2) is 12.1 Å². The fourth-order valence-corrected chi connectivity index (χ4v) is 1.01. The van der Waals surface area contributed by atoms with E-state index in [-0.39, 0.29) is 10.8 Å². The van der Waals surface area contributed by atoms with Gasteiger partial charge in [-0.1, -0.05) is 11.6 Å². The molecule has 0 aliphatic carbocycles. The van der Waals surface area contributed by atoms with Gasteiger partial charge in [-0.25, -0.2) is 8.78 Å². The zero-order chi connectivity index (χ0) is 9.14. The highest BCUT2D eigenvalue weighted by Crippen LogP contribution is 2.27. The van der Waals surface area contributed by atoms with Gasteiger partial charge in [-0.15, -0.1) is 0 Å². The third kappa shape index (κ3) is 1.85. The summed E-state index contributed by atoms with van der Waals surface area (Å²) in [5.74, 6) is -0.260. The van der Waals surface area contributed by atoms with Gasteiger partial charge in [-0.2, -0.15) is 0 Å². The fourth-order valence-electron chi connectivity index (χ4n) is 0.800. The minimum atomic E-state index is -0.967. The van der Waals surface area contributed by atoms with Gasteiger partial charge in [0.1, 0.15) is 11.6 Å². The van der Waals surface area contributed by atoms with E-state index in [4.69, 9.17) is 11.6 Å². The van der Waals surface area contributed by atoms with Crippen LogP contribution in [-0.4, -0.2) is 6.86 Å². The molecule has 1 nitrogen and oxygen atoms in total. The summed E-state index contributed by atoms with van der Waals surface area (Å²) >= 11 is 5.55. The predicted molar refractivity (Wildman–Crippen MR) is 42.8 cm³/mol. The molecule has 0 aliphatic rings. The Hall–Kier alpha value is -0.830. The zero-order valence-electron chi connectivity index (χ0n) is 6.40. The molecule has 0 aliphatic heterocycles. The Morgan fingerprint density at radius 2 is 2.17 bits per heavy atom. The molecule has 1 rings (SSSR count). The third-order valence-electron chi connectivity index (χ3n) is 1.42. The molecule has 0 heterocycles. The number of aryl methyl sites for hydroxylation is 1. The molecular weight excluding hydrogens is 186 g/mol. The summed E-state index contributed by atoms with van der Waals surface area (Å²) < 4.78 is 29.0. The van der Waals surface area contributed by atoms with E-state index in [1.54, 1.807) is 6.92 Å². The van der Waals surface area contributed by atoms with Gasteiger partial charge in [0.15, 0.2) is 0 Å². The molecule has 0 fully saturated rings. The van der Waals surface area contributed by atoms with Crippen molar-refractivity contribution in [3.05, 3.63) is 28.5 Å². The molecule has 0 unspecified atom stereocenters. The first-order valence-electron chi connectivity index (χ1n) is 3.29. The van der Waals surface area contributed by atoms with E-state index >= 15 is 0 Å². The number of benzene rings is 1. The fraction of sp³-hybridized carbons (Fsp3) is 0.250. The SMILES string of the molecule is Cc1cc(OCF)c(Cl)cc1F. The lowest BCUT2D eigenvalue weighted by Gasteiger charge is -2.05. The van der Waals surface area contributed by atoms with Gasteiger partial charge in [0.2, 0.25) is 6.86 Å². The van der Waals surface area contributed by atoms with Crippen LogP contribution in [0.5, 0.6) is 5.75 Å². The first-order chi connectivity index (χ1) is 5.65. The molecule has 0 bridgehead atoms. The molecule has 1 aromatic carbocycles. The second-order valence-corrected chi connectivity index (χ2v) is 2.69. The van der Waals surface area contributed by atoms with Crippen LogP contribution in [0.2, 0.25) is 5.02 Å². The monoisotopic (exact) mass is 192 g/mol. The minimum Gasteiger partial charge on any atom is -0.461 e. The van der Waals surface area contributed by atoms with Crippen LogP contribution in [0, 0.1) is 12.7 Å². The van der Waals surface area contributed by atoms with Gasteiger partial charge in [0, 0.05) is 0 Å². The van der Waals surface area contributed by atoms with Gasteiger partial charge in [-0.05, 0) is 24.6 Å². The Balaban J connectivity index is 3.05. The Bertz CT molecular complexity index is 289. The van der Waals surface area contributed by atoms with E-state index in [2.05, 4.69) is 4.74 Å². The smallest absolute Gasteiger partial charge is 0.228 e. The largest absolute Gasteiger partial charge is 0.461 e. The van der Waals surface area contributed by atoms with Crippen LogP contribution >= 0.6 is 11.6 Å². The molecule has 0 radical (unpaired) electrons. The maximum Gasteiger partial charge on any atom is 0.228 e. The van der Waals surface area contributed by atoms with E-state index in [0.717, 1.165) is 6.07 Å². The molecule has 0 N–H and O–H groups in total. The van der Waals surface area contributed by atoms with Crippen LogP contribution in [0.1, 0.15) is 5.56 Å². The molecule has 1 aromatic rings. The van der Waals surface area contributed by atoms with Crippen molar-refractivity contribution in [3.8, 4) is 5.75 Å². The number of ether oxygens (including phenoxy) is 1. The number of rotatable bonds is 2. The minimum absolute atomic E-state index is 0.0794. The van der Waals surface area contributed by atoms with Crippen LogP contribution in [-0.2, 0) is 0 Å². The topological polar surface area (TPSA) is 9.23 Å². The summed E-state index contributed by atoms with van der Waals surface area (Å²) in [5, 5.41) is 0.0794. The Morgan fingerprint density at radius 3 is 2.75 bits per heavy atom. The standard InChI is InChI=1S/C8H7ClF2O/c1-5-2-8(12-4-10)6(9)3-7(5)11/h2-3H,4H2,1H3. The second kappa shape index (κ2) is 3.72. The van der Waals surface area contributed by atoms with Crippen molar-refractivity contribution in [1.82, 2.24) is 0 Å². The molecule has 66 valence electrons. The van der Waals surface area contributed by atoms with Crippen molar-refractivity contribution < 1.29 is 13.5 Å². The van der Waals surface area contributed by atoms with Crippen LogP contribution in [0.3, 0.4) is 0 Å². The second-order valence-electron chi connectivity index (χ2n) is 2.29. The van der Waals surface area contributed by atoms with E-state index in [9.17, 15) is 8.78 Å². The van der Waals surface area contributed by atoms with E-state index in [1.165, 1.54) is 6.07 Å². The quantitative estimate of drug-likeness (QED) is 0.700. The highest BCUT2D eigenvalue weighted by Gasteiger charge is 2.05. The van der Waals surface area contributed by atoms with Crippen molar-refractivity contribution in [2.45, 2.75) is 6.92 Å². The van der Waals surface area contributed by atoms with E-state index < -0.39 is 12.7 Å². The van der Waals surface area contributed by atoms with Crippen LogP contribution in [0.4, 0.5) is 8.78 Å². The lowest BCUT2D eigenvalue weighted by Crippen LogP contribution is -1.93. The Kier molecular flexibility index (Phi) is 2.87. The van der Waals surface area contributed by atoms with Crippen molar-refractivity contribution >= 4 is 11.6 Å². The highest BCUT2D eigenvalue weighted by atomic mass is 35.5. The average molecular weight is 193 g/mol. The number of hydrogen-bond acceptors (Lipinski definition) is 1. The molecule has 0 amide bonds. The summed E-state index contributed by atoms with van der Waals surface area (Å²) in [4.78, 5) is 0. The van der Waals surface area contributed by atoms with Crippen molar-refractivity contribution in [2.24, 2.45) is 0 Å². The molecular formula is C8H7ClF2O. The Morgan fingerprint density at radius 1 is 1.50 bits per heavy atom. The Labute approximate surface area is 73.9 Å². The molecule has 0 atom stereocenters. The van der Waals surface area contributed by atoms with Gasteiger partial charge in [0.05, 0.1) is 5.02 Å². The van der Waals surface area contributed by atoms with Crippen molar-refractivity contribution in [2.75, 3.05) is 6.86 Å². The summed E-state index contributed by atoms with van der Waals surface area (Å²) in [6.45, 7) is 0.585. The lowest BCUT2D eigenvalue weighted by atomic mass is 10.2. The first kappa shape index (κ1) is 9.26. The van der Waals surface area contributed by atoms with Crippen LogP contribution < -0.4 is 4.74 Å². The number of halogens is 3. The predicted octanol–water partition coefficient (Wildman–Crippen LogP) is 3.09. The normalized spacial score (nSPS) is 10.0. The maximum atomic E-state index is 12.8. The van der Waals surface area contributed by atoms with Gasteiger partial charge < -0.3 is 4.74 Å². The third-order valence-corrected chi connectivity index (χ3v) is 1.72. The maximum absolute atomic E-state index is 12.8. The molecule has 0 saturated carbocycles. The lowest BCUT2D eigenvalue weighted by molar-refractivity contribution is 0.191. The summed E-state index contributed by atoms with van der Waals surface area (Å²) in [7, 11) is 0. The first-order valence-corrected chi connectivity index (χ1v) is 3.67. The van der Waals surface area contributed by atoms with Gasteiger partial charge in [-0.3, -0.25) is 0 Å². The summed E-state index contributed by atoms with van der Waals surface area (Å²) in [5.41, 5.74) is 0.378. The van der Waals surface area contributed by atoms with E-state index in [0.29, 0.717) is 5.56 Å². The molecule has 0 saturated heterocycles. The number of alkyl halides is 1. The molecule has 4 heteroatoms.